The fourth-order valence-electron chi connectivity index (χ4n) is 1.86. The highest BCUT2D eigenvalue weighted by molar-refractivity contribution is 7.88. The Bertz CT molecular complexity index is 375. The van der Waals surface area contributed by atoms with Crippen molar-refractivity contribution in [1.82, 2.24) is 9.21 Å². The van der Waals surface area contributed by atoms with E-state index in [0.29, 0.717) is 39.1 Å². The van der Waals surface area contributed by atoms with Crippen LogP contribution in [0.3, 0.4) is 0 Å². The molecule has 108 valence electrons. The van der Waals surface area contributed by atoms with Gasteiger partial charge >= 0.3 is 0 Å². The van der Waals surface area contributed by atoms with Gasteiger partial charge in [-0.1, -0.05) is 6.92 Å². The van der Waals surface area contributed by atoms with E-state index in [1.54, 1.807) is 11.8 Å². The third kappa shape index (κ3) is 4.72. The van der Waals surface area contributed by atoms with Crippen molar-refractivity contribution >= 4 is 28.3 Å². The van der Waals surface area contributed by atoms with Crippen LogP contribution in [0.15, 0.2) is 0 Å². The molecule has 6 nitrogen and oxygen atoms in total. The molecular formula is C10H22ClN3O3S. The van der Waals surface area contributed by atoms with Gasteiger partial charge in [0.1, 0.15) is 0 Å². The summed E-state index contributed by atoms with van der Waals surface area (Å²) < 4.78 is 24.2. The normalized spacial score (nSPS) is 19.8. The van der Waals surface area contributed by atoms with Crippen LogP contribution in [0.1, 0.15) is 13.3 Å². The first kappa shape index (κ1) is 17.6. The fraction of sp³-hybridized carbons (Fsp3) is 0.900. The van der Waals surface area contributed by atoms with Crippen molar-refractivity contribution in [1.29, 1.82) is 0 Å². The first-order valence-electron chi connectivity index (χ1n) is 5.80. The number of halogens is 1. The Labute approximate surface area is 115 Å². The molecule has 1 aliphatic heterocycles. The molecule has 1 saturated heterocycles. The number of hydrogen-bond donors (Lipinski definition) is 1. The number of sulfonamides is 1. The Morgan fingerprint density at radius 2 is 1.89 bits per heavy atom. The molecular weight excluding hydrogens is 278 g/mol. The first-order chi connectivity index (χ1) is 7.86. The Kier molecular flexibility index (Phi) is 7.13. The van der Waals surface area contributed by atoms with Gasteiger partial charge in [0.15, 0.2) is 0 Å². The number of rotatable bonds is 3. The van der Waals surface area contributed by atoms with Crippen LogP contribution in [0.2, 0.25) is 0 Å². The van der Waals surface area contributed by atoms with Crippen LogP contribution in [0.5, 0.6) is 0 Å². The highest BCUT2D eigenvalue weighted by atomic mass is 35.5. The molecule has 1 aliphatic rings. The number of amides is 1. The summed E-state index contributed by atoms with van der Waals surface area (Å²) in [6.07, 6.45) is 1.88. The Morgan fingerprint density at radius 3 is 2.39 bits per heavy atom. The molecule has 0 spiro atoms. The minimum Gasteiger partial charge on any atom is -0.341 e. The average Bonchev–Trinajstić information content (AvgIpc) is 2.51. The molecule has 0 aliphatic carbocycles. The van der Waals surface area contributed by atoms with Gasteiger partial charge in [0.25, 0.3) is 0 Å². The molecule has 0 aromatic rings. The van der Waals surface area contributed by atoms with Gasteiger partial charge in [-0.2, -0.15) is 0 Å². The summed E-state index contributed by atoms with van der Waals surface area (Å²) in [6.45, 7) is 4.04. The summed E-state index contributed by atoms with van der Waals surface area (Å²) in [5, 5.41) is 0. The van der Waals surface area contributed by atoms with Crippen LogP contribution in [-0.4, -0.2) is 62.5 Å². The maximum Gasteiger partial charge on any atom is 0.226 e. The quantitative estimate of drug-likeness (QED) is 0.761. The molecule has 0 saturated carbocycles. The van der Waals surface area contributed by atoms with Gasteiger partial charge < -0.3 is 10.6 Å². The third-order valence-corrected chi connectivity index (χ3v) is 4.31. The van der Waals surface area contributed by atoms with E-state index in [2.05, 4.69) is 0 Å². The largest absolute Gasteiger partial charge is 0.341 e. The van der Waals surface area contributed by atoms with Crippen LogP contribution < -0.4 is 5.73 Å². The number of nitrogens with two attached hydrogens (primary N) is 1. The van der Waals surface area contributed by atoms with Gasteiger partial charge in [-0.25, -0.2) is 12.7 Å². The van der Waals surface area contributed by atoms with Gasteiger partial charge in [0.05, 0.1) is 6.26 Å². The van der Waals surface area contributed by atoms with Crippen LogP contribution in [0.4, 0.5) is 0 Å². The molecule has 0 radical (unpaired) electrons. The van der Waals surface area contributed by atoms with Crippen molar-refractivity contribution in [3.8, 4) is 0 Å². The summed E-state index contributed by atoms with van der Waals surface area (Å²) in [4.78, 5) is 13.6. The molecule has 1 amide bonds. The minimum atomic E-state index is -3.15. The molecule has 0 bridgehead atoms. The first-order valence-corrected chi connectivity index (χ1v) is 7.65. The van der Waals surface area contributed by atoms with Crippen molar-refractivity contribution in [3.05, 3.63) is 0 Å². The van der Waals surface area contributed by atoms with E-state index in [0.717, 1.165) is 0 Å². The van der Waals surface area contributed by atoms with Crippen molar-refractivity contribution in [2.24, 2.45) is 11.7 Å². The lowest BCUT2D eigenvalue weighted by atomic mass is 10.1. The van der Waals surface area contributed by atoms with E-state index in [9.17, 15) is 13.2 Å². The van der Waals surface area contributed by atoms with Crippen molar-refractivity contribution in [3.63, 3.8) is 0 Å². The van der Waals surface area contributed by atoms with Gasteiger partial charge in [-0.3, -0.25) is 4.79 Å². The van der Waals surface area contributed by atoms with Crippen molar-refractivity contribution < 1.29 is 13.2 Å². The van der Waals surface area contributed by atoms with Crippen molar-refractivity contribution in [2.75, 3.05) is 39.0 Å². The smallest absolute Gasteiger partial charge is 0.226 e. The number of carbonyl (C=O) groups is 1. The lowest BCUT2D eigenvalue weighted by Gasteiger charge is -2.23. The second-order valence-electron chi connectivity index (χ2n) is 4.48. The predicted octanol–water partition coefficient (Wildman–Crippen LogP) is -0.503. The molecule has 18 heavy (non-hydrogen) atoms. The Hall–Kier alpha value is -0.370. The lowest BCUT2D eigenvalue weighted by molar-refractivity contribution is -0.134. The summed E-state index contributed by atoms with van der Waals surface area (Å²) in [6, 6.07) is 0. The van der Waals surface area contributed by atoms with Crippen LogP contribution in [-0.2, 0) is 14.8 Å². The molecule has 0 aromatic carbocycles. The lowest BCUT2D eigenvalue weighted by Crippen LogP contribution is -2.40. The minimum absolute atomic E-state index is 0. The SMILES string of the molecule is CC(CN)C(=O)N1CCCN(S(C)(=O)=O)CC1.Cl. The average molecular weight is 300 g/mol. The highest BCUT2D eigenvalue weighted by Crippen LogP contribution is 2.09. The van der Waals surface area contributed by atoms with E-state index < -0.39 is 10.0 Å². The van der Waals surface area contributed by atoms with E-state index in [4.69, 9.17) is 5.73 Å². The van der Waals surface area contributed by atoms with E-state index in [-0.39, 0.29) is 24.2 Å². The number of nitrogens with zero attached hydrogens (tertiary/aromatic N) is 2. The standard InChI is InChI=1S/C10H21N3O3S.ClH/c1-9(8-11)10(14)12-4-3-5-13(7-6-12)17(2,15)16;/h9H,3-8,11H2,1-2H3;1H. The van der Waals surface area contributed by atoms with Gasteiger partial charge in [0, 0.05) is 38.6 Å². The molecule has 8 heteroatoms. The molecule has 1 fully saturated rings. The second-order valence-corrected chi connectivity index (χ2v) is 6.46. The third-order valence-electron chi connectivity index (χ3n) is 3.01. The highest BCUT2D eigenvalue weighted by Gasteiger charge is 2.25. The molecule has 1 rings (SSSR count). The fourth-order valence-corrected chi connectivity index (χ4v) is 2.73. The van der Waals surface area contributed by atoms with E-state index in [1.165, 1.54) is 10.6 Å². The topological polar surface area (TPSA) is 83.7 Å². The van der Waals surface area contributed by atoms with E-state index >= 15 is 0 Å². The van der Waals surface area contributed by atoms with Gasteiger partial charge in [-0.15, -0.1) is 12.4 Å². The van der Waals surface area contributed by atoms with Gasteiger partial charge in [-0.05, 0) is 6.42 Å². The zero-order chi connectivity index (χ0) is 13.1. The summed E-state index contributed by atoms with van der Waals surface area (Å²) >= 11 is 0. The Balaban J connectivity index is 0.00000289. The van der Waals surface area contributed by atoms with Crippen LogP contribution >= 0.6 is 12.4 Å². The molecule has 1 unspecified atom stereocenters. The zero-order valence-electron chi connectivity index (χ0n) is 10.8. The summed E-state index contributed by atoms with van der Waals surface area (Å²) in [7, 11) is -3.15. The summed E-state index contributed by atoms with van der Waals surface area (Å²) in [5.41, 5.74) is 5.46. The molecule has 2 N–H and O–H groups in total. The van der Waals surface area contributed by atoms with Gasteiger partial charge in [0.2, 0.25) is 15.9 Å². The predicted molar refractivity (Wildman–Crippen MR) is 73.1 cm³/mol. The maximum absolute atomic E-state index is 11.9. The number of carbonyl (C=O) groups excluding carboxylic acids is 1. The van der Waals surface area contributed by atoms with Crippen molar-refractivity contribution in [2.45, 2.75) is 13.3 Å². The summed E-state index contributed by atoms with van der Waals surface area (Å²) in [5.74, 6) is -0.178. The van der Waals surface area contributed by atoms with Crippen LogP contribution in [0, 0.1) is 5.92 Å². The monoisotopic (exact) mass is 299 g/mol. The Morgan fingerprint density at radius 1 is 1.28 bits per heavy atom. The number of hydrogen-bond acceptors (Lipinski definition) is 4. The molecule has 1 heterocycles. The molecule has 0 aromatic heterocycles. The van der Waals surface area contributed by atoms with Crippen LogP contribution in [0.25, 0.3) is 0 Å². The maximum atomic E-state index is 11.9. The second kappa shape index (κ2) is 7.28. The molecule has 1 atom stereocenters. The zero-order valence-corrected chi connectivity index (χ0v) is 12.5. The van der Waals surface area contributed by atoms with E-state index in [1.807, 2.05) is 0 Å².